The summed E-state index contributed by atoms with van der Waals surface area (Å²) in [5.41, 5.74) is 3.56. The Morgan fingerprint density at radius 3 is 2.49 bits per heavy atom. The van der Waals surface area contributed by atoms with Crippen molar-refractivity contribution in [3.63, 3.8) is 0 Å². The maximum Gasteiger partial charge on any atom is 0.416 e. The third kappa shape index (κ3) is 4.93. The van der Waals surface area contributed by atoms with Crippen LogP contribution < -0.4 is 0 Å². The smallest absolute Gasteiger partial charge is 0.337 e. The lowest BCUT2D eigenvalue weighted by molar-refractivity contribution is -0.137. The molecule has 0 radical (unpaired) electrons. The molecule has 1 unspecified atom stereocenters. The van der Waals surface area contributed by atoms with E-state index in [1.54, 1.807) is 0 Å². The molecule has 35 heavy (non-hydrogen) atoms. The van der Waals surface area contributed by atoms with Crippen molar-refractivity contribution in [2.24, 2.45) is 0 Å². The predicted octanol–water partition coefficient (Wildman–Crippen LogP) is 6.17. The van der Waals surface area contributed by atoms with Crippen LogP contribution in [0.5, 0.6) is 0 Å². The Kier molecular flexibility index (Phi) is 6.32. The number of hydrogen-bond acceptors (Lipinski definition) is 3. The van der Waals surface area contributed by atoms with Gasteiger partial charge in [0.25, 0.3) is 0 Å². The number of carbonyl (C=O) groups is 1. The van der Waals surface area contributed by atoms with Crippen LogP contribution in [0.4, 0.5) is 13.2 Å². The van der Waals surface area contributed by atoms with E-state index in [4.69, 9.17) is 0 Å². The van der Waals surface area contributed by atoms with Crippen LogP contribution in [0.3, 0.4) is 0 Å². The molecule has 2 heterocycles. The van der Waals surface area contributed by atoms with Gasteiger partial charge in [0.1, 0.15) is 0 Å². The monoisotopic (exact) mass is 495 g/mol. The van der Waals surface area contributed by atoms with E-state index in [0.717, 1.165) is 29.7 Å². The third-order valence-corrected chi connectivity index (χ3v) is 7.37. The zero-order valence-corrected chi connectivity index (χ0v) is 19.9. The van der Waals surface area contributed by atoms with E-state index < -0.39 is 17.0 Å². The minimum absolute atomic E-state index is 0.00111. The number of hydrogen-bond donors (Lipinski definition) is 0. The van der Waals surface area contributed by atoms with Gasteiger partial charge in [0.05, 0.1) is 28.4 Å². The van der Waals surface area contributed by atoms with Crippen molar-refractivity contribution < 1.29 is 18.0 Å². The van der Waals surface area contributed by atoms with Gasteiger partial charge in [0.2, 0.25) is 5.91 Å². The number of amides is 1. The van der Waals surface area contributed by atoms with Gasteiger partial charge >= 0.3 is 6.18 Å². The molecule has 180 valence electrons. The molecule has 0 saturated carbocycles. The molecule has 0 spiro atoms. The van der Waals surface area contributed by atoms with E-state index >= 15 is 0 Å². The normalized spacial score (nSPS) is 14.7. The van der Waals surface area contributed by atoms with Crippen molar-refractivity contribution in [2.45, 2.75) is 43.0 Å². The molecule has 1 amide bonds. The summed E-state index contributed by atoms with van der Waals surface area (Å²) in [7, 11) is 0. The van der Waals surface area contributed by atoms with Gasteiger partial charge in [0.15, 0.2) is 5.16 Å². The van der Waals surface area contributed by atoms with Crippen molar-refractivity contribution in [3.8, 4) is 0 Å². The van der Waals surface area contributed by atoms with Gasteiger partial charge in [-0.1, -0.05) is 66.4 Å². The molecule has 0 fully saturated rings. The zero-order chi connectivity index (χ0) is 24.6. The van der Waals surface area contributed by atoms with E-state index in [9.17, 15) is 18.0 Å². The zero-order valence-electron chi connectivity index (χ0n) is 19.1. The predicted molar refractivity (Wildman–Crippen MR) is 131 cm³/mol. The molecule has 1 atom stereocenters. The molecule has 5 rings (SSSR count). The van der Waals surface area contributed by atoms with Gasteiger partial charge in [-0.05, 0) is 48.2 Å². The topological polar surface area (TPSA) is 38.1 Å². The average Bonchev–Trinajstić information content (AvgIpc) is 3.19. The molecule has 0 N–H and O–H groups in total. The summed E-state index contributed by atoms with van der Waals surface area (Å²) in [5.74, 6) is -0.00111. The van der Waals surface area contributed by atoms with Gasteiger partial charge in [0, 0.05) is 13.1 Å². The summed E-state index contributed by atoms with van der Waals surface area (Å²) >= 11 is 1.29. The number of thioether (sulfide) groups is 1. The van der Waals surface area contributed by atoms with Gasteiger partial charge in [-0.3, -0.25) is 4.79 Å². The first kappa shape index (κ1) is 23.5. The number of nitrogens with zero attached hydrogens (tertiary/aromatic N) is 3. The third-order valence-electron chi connectivity index (χ3n) is 6.30. The second-order valence-electron chi connectivity index (χ2n) is 8.71. The summed E-state index contributed by atoms with van der Waals surface area (Å²) < 4.78 is 41.8. The Labute approximate surface area is 205 Å². The molecule has 1 aromatic heterocycles. The Morgan fingerprint density at radius 2 is 1.74 bits per heavy atom. The number of alkyl halides is 3. The summed E-state index contributed by atoms with van der Waals surface area (Å²) in [4.78, 5) is 19.7. The van der Waals surface area contributed by atoms with Crippen LogP contribution in [0.1, 0.15) is 29.2 Å². The summed E-state index contributed by atoms with van der Waals surface area (Å²) in [5, 5.41) is 0.0927. The van der Waals surface area contributed by atoms with Crippen LogP contribution in [0, 0.1) is 0 Å². The number of imidazole rings is 1. The maximum absolute atomic E-state index is 13.3. The van der Waals surface area contributed by atoms with E-state index in [2.05, 4.69) is 11.1 Å². The first-order chi connectivity index (χ1) is 16.8. The van der Waals surface area contributed by atoms with Crippen molar-refractivity contribution >= 4 is 28.7 Å². The molecule has 0 saturated heterocycles. The quantitative estimate of drug-likeness (QED) is 0.311. The second-order valence-corrected chi connectivity index (χ2v) is 10.0. The van der Waals surface area contributed by atoms with Crippen LogP contribution in [0.15, 0.2) is 78.0 Å². The van der Waals surface area contributed by atoms with E-state index in [-0.39, 0.29) is 11.4 Å². The van der Waals surface area contributed by atoms with E-state index in [0.29, 0.717) is 30.3 Å². The molecule has 3 aromatic carbocycles. The SMILES string of the molecule is CC(Sc1nc2cc(C(F)(F)F)ccc2n1Cc1ccccc1)C(=O)N1CCc2ccccc2C1. The van der Waals surface area contributed by atoms with Gasteiger partial charge < -0.3 is 9.47 Å². The lowest BCUT2D eigenvalue weighted by atomic mass is 10.00. The summed E-state index contributed by atoms with van der Waals surface area (Å²) in [6, 6.07) is 21.4. The van der Waals surface area contributed by atoms with E-state index in [1.807, 2.05) is 64.9 Å². The van der Waals surface area contributed by atoms with Crippen LogP contribution in [-0.4, -0.2) is 32.2 Å². The number of fused-ring (bicyclic) bond motifs is 2. The first-order valence-corrected chi connectivity index (χ1v) is 12.3. The molecular weight excluding hydrogens is 471 g/mol. The lowest BCUT2D eigenvalue weighted by Crippen LogP contribution is -2.40. The Hall–Kier alpha value is -3.26. The highest BCUT2D eigenvalue weighted by molar-refractivity contribution is 8.00. The lowest BCUT2D eigenvalue weighted by Gasteiger charge is -2.30. The van der Waals surface area contributed by atoms with Crippen LogP contribution >= 0.6 is 11.8 Å². The van der Waals surface area contributed by atoms with Gasteiger partial charge in [-0.2, -0.15) is 13.2 Å². The van der Waals surface area contributed by atoms with Gasteiger partial charge in [-0.15, -0.1) is 0 Å². The van der Waals surface area contributed by atoms with Crippen molar-refractivity contribution in [1.29, 1.82) is 0 Å². The molecule has 8 heteroatoms. The number of carbonyl (C=O) groups excluding carboxylic acids is 1. The number of aromatic nitrogens is 2. The van der Waals surface area contributed by atoms with Gasteiger partial charge in [-0.25, -0.2) is 4.98 Å². The minimum Gasteiger partial charge on any atom is -0.337 e. The molecule has 4 nitrogen and oxygen atoms in total. The molecule has 1 aliphatic heterocycles. The highest BCUT2D eigenvalue weighted by Gasteiger charge is 2.32. The second kappa shape index (κ2) is 9.41. The molecule has 0 aliphatic carbocycles. The van der Waals surface area contributed by atoms with Crippen molar-refractivity contribution in [3.05, 3.63) is 95.1 Å². The van der Waals surface area contributed by atoms with Crippen molar-refractivity contribution in [2.75, 3.05) is 6.54 Å². The Bertz CT molecular complexity index is 1370. The molecule has 0 bridgehead atoms. The Morgan fingerprint density at radius 1 is 1.03 bits per heavy atom. The first-order valence-electron chi connectivity index (χ1n) is 11.4. The van der Waals surface area contributed by atoms with Crippen LogP contribution in [-0.2, 0) is 30.5 Å². The average molecular weight is 496 g/mol. The van der Waals surface area contributed by atoms with Crippen LogP contribution in [0.25, 0.3) is 11.0 Å². The number of halogens is 3. The largest absolute Gasteiger partial charge is 0.416 e. The van der Waals surface area contributed by atoms with Crippen molar-refractivity contribution in [1.82, 2.24) is 14.5 Å². The molecule has 1 aliphatic rings. The standard InChI is InChI=1S/C27H24F3N3OS/c1-18(25(34)32-14-13-20-9-5-6-10-21(20)17-32)35-26-31-23-15-22(27(28,29)30)11-12-24(23)33(26)16-19-7-3-2-4-8-19/h2-12,15,18H,13-14,16-17H2,1H3. The minimum atomic E-state index is -4.45. The number of benzene rings is 3. The Balaban J connectivity index is 1.44. The fourth-order valence-electron chi connectivity index (χ4n) is 4.44. The maximum atomic E-state index is 13.3. The molecular formula is C27H24F3N3OS. The highest BCUT2D eigenvalue weighted by Crippen LogP contribution is 2.34. The fourth-order valence-corrected chi connectivity index (χ4v) is 5.45. The number of rotatable bonds is 5. The van der Waals surface area contributed by atoms with E-state index in [1.165, 1.54) is 23.4 Å². The molecule has 4 aromatic rings. The summed E-state index contributed by atoms with van der Waals surface area (Å²) in [6.45, 7) is 3.50. The van der Waals surface area contributed by atoms with Crippen LogP contribution in [0.2, 0.25) is 0 Å². The highest BCUT2D eigenvalue weighted by atomic mass is 32.2. The fraction of sp³-hybridized carbons (Fsp3) is 0.259. The summed E-state index contributed by atoms with van der Waals surface area (Å²) in [6.07, 6.45) is -3.63.